The Morgan fingerprint density at radius 3 is 2.38 bits per heavy atom. The van der Waals surface area contributed by atoms with Gasteiger partial charge in [0.1, 0.15) is 0 Å². The minimum Gasteiger partial charge on any atom is -0.325 e. The summed E-state index contributed by atoms with van der Waals surface area (Å²) in [5.41, 5.74) is 6.78. The van der Waals surface area contributed by atoms with E-state index in [4.69, 9.17) is 5.73 Å². The van der Waals surface area contributed by atoms with Crippen molar-refractivity contribution in [3.63, 3.8) is 0 Å². The predicted molar refractivity (Wildman–Crippen MR) is 97.4 cm³/mol. The highest BCUT2D eigenvalue weighted by Crippen LogP contribution is 2.26. The summed E-state index contributed by atoms with van der Waals surface area (Å²) in [5, 5.41) is 6.13. The van der Waals surface area contributed by atoms with E-state index in [1.165, 1.54) is 11.3 Å². The Hall–Kier alpha value is -2.25. The largest absolute Gasteiger partial charge is 0.325 e. The summed E-state index contributed by atoms with van der Waals surface area (Å²) in [5.74, 6) is -0.297. The van der Waals surface area contributed by atoms with Gasteiger partial charge >= 0.3 is 0 Å². The smallest absolute Gasteiger partial charge is 0.238 e. The molecule has 2 amide bonds. The first-order valence-corrected chi connectivity index (χ1v) is 8.58. The third-order valence-electron chi connectivity index (χ3n) is 3.60. The number of carbonyl (C=O) groups is 2. The molecular weight excluding hydrogens is 324 g/mol. The highest BCUT2D eigenvalue weighted by Gasteiger charge is 2.17. The fourth-order valence-corrected chi connectivity index (χ4v) is 2.86. The van der Waals surface area contributed by atoms with Gasteiger partial charge in [0, 0.05) is 16.8 Å². The van der Waals surface area contributed by atoms with E-state index in [1.807, 2.05) is 19.1 Å². The number of benzene rings is 1. The fraction of sp³-hybridized carbons (Fsp3) is 0.353. The molecule has 4 N–H and O–H groups in total. The van der Waals surface area contributed by atoms with Gasteiger partial charge in [-0.3, -0.25) is 9.59 Å². The van der Waals surface area contributed by atoms with Crippen molar-refractivity contribution < 1.29 is 9.59 Å². The monoisotopic (exact) mass is 346 g/mol. The molecule has 1 atom stereocenters. The lowest BCUT2D eigenvalue weighted by Crippen LogP contribution is -2.22. The summed E-state index contributed by atoms with van der Waals surface area (Å²) in [6, 6.07) is 7.15. The first-order valence-electron chi connectivity index (χ1n) is 7.77. The SMILES string of the molecule is CC(C)c1cnc(NC(=O)C(C)c2ccc(NC(=O)CN)cc2)s1. The van der Waals surface area contributed by atoms with E-state index >= 15 is 0 Å². The average Bonchev–Trinajstić information content (AvgIpc) is 3.03. The molecule has 0 saturated carbocycles. The molecule has 7 heteroatoms. The summed E-state index contributed by atoms with van der Waals surface area (Å²) in [6.45, 7) is 5.95. The molecule has 0 aliphatic carbocycles. The Kier molecular flexibility index (Phi) is 6.05. The molecule has 2 aromatic rings. The molecule has 6 nitrogen and oxygen atoms in total. The molecule has 128 valence electrons. The zero-order valence-electron chi connectivity index (χ0n) is 14.0. The zero-order valence-corrected chi connectivity index (χ0v) is 14.8. The minimum absolute atomic E-state index is 0.0628. The maximum Gasteiger partial charge on any atom is 0.238 e. The lowest BCUT2D eigenvalue weighted by molar-refractivity contribution is -0.117. The van der Waals surface area contributed by atoms with Crippen LogP contribution < -0.4 is 16.4 Å². The average molecular weight is 346 g/mol. The fourth-order valence-electron chi connectivity index (χ4n) is 2.04. The molecule has 1 aromatic carbocycles. The summed E-state index contributed by atoms with van der Waals surface area (Å²) < 4.78 is 0. The van der Waals surface area contributed by atoms with Crippen molar-refractivity contribution in [2.24, 2.45) is 5.73 Å². The number of rotatable bonds is 6. The predicted octanol–water partition coefficient (Wildman–Crippen LogP) is 2.91. The Bertz CT molecular complexity index is 710. The second kappa shape index (κ2) is 8.03. The Balaban J connectivity index is 2.00. The van der Waals surface area contributed by atoms with Gasteiger partial charge < -0.3 is 16.4 Å². The number of nitrogens with two attached hydrogens (primary N) is 1. The molecule has 0 saturated heterocycles. The van der Waals surface area contributed by atoms with Crippen LogP contribution >= 0.6 is 11.3 Å². The zero-order chi connectivity index (χ0) is 17.7. The summed E-state index contributed by atoms with van der Waals surface area (Å²) >= 11 is 1.49. The van der Waals surface area contributed by atoms with E-state index in [2.05, 4.69) is 29.5 Å². The van der Waals surface area contributed by atoms with Gasteiger partial charge in [0.25, 0.3) is 0 Å². The van der Waals surface area contributed by atoms with Crippen molar-refractivity contribution in [1.82, 2.24) is 4.98 Å². The van der Waals surface area contributed by atoms with E-state index in [9.17, 15) is 9.59 Å². The number of carbonyl (C=O) groups excluding carboxylic acids is 2. The van der Waals surface area contributed by atoms with E-state index in [0.717, 1.165) is 10.4 Å². The van der Waals surface area contributed by atoms with Crippen LogP contribution in [0.25, 0.3) is 0 Å². The molecule has 2 rings (SSSR count). The first-order chi connectivity index (χ1) is 11.4. The number of thiazole rings is 1. The van der Waals surface area contributed by atoms with Crippen molar-refractivity contribution in [3.05, 3.63) is 40.9 Å². The number of aromatic nitrogens is 1. The van der Waals surface area contributed by atoms with Gasteiger partial charge in [-0.15, -0.1) is 11.3 Å². The number of amides is 2. The van der Waals surface area contributed by atoms with Crippen molar-refractivity contribution >= 4 is 34.0 Å². The summed E-state index contributed by atoms with van der Waals surface area (Å²) in [7, 11) is 0. The standard InChI is InChI=1S/C17H22N4O2S/c1-10(2)14-9-19-17(24-14)21-16(23)11(3)12-4-6-13(7-5-12)20-15(22)8-18/h4-7,9-11H,8,18H2,1-3H3,(H,20,22)(H,19,21,23). The molecule has 1 aromatic heterocycles. The second-order valence-electron chi connectivity index (χ2n) is 5.81. The van der Waals surface area contributed by atoms with Crippen LogP contribution in [-0.2, 0) is 9.59 Å². The Morgan fingerprint density at radius 1 is 1.17 bits per heavy atom. The van der Waals surface area contributed by atoms with Crippen LogP contribution in [0, 0.1) is 0 Å². The van der Waals surface area contributed by atoms with Crippen LogP contribution in [0.4, 0.5) is 10.8 Å². The minimum atomic E-state index is -0.323. The molecule has 0 aliphatic heterocycles. The first kappa shape index (κ1) is 18.1. The van der Waals surface area contributed by atoms with Gasteiger partial charge in [0.05, 0.1) is 12.5 Å². The van der Waals surface area contributed by atoms with Crippen LogP contribution in [0.5, 0.6) is 0 Å². The molecule has 0 fully saturated rings. The highest BCUT2D eigenvalue weighted by atomic mass is 32.1. The van der Waals surface area contributed by atoms with Gasteiger partial charge in [-0.05, 0) is 30.5 Å². The van der Waals surface area contributed by atoms with Crippen LogP contribution in [0.2, 0.25) is 0 Å². The third kappa shape index (κ3) is 4.62. The van der Waals surface area contributed by atoms with Crippen LogP contribution in [0.3, 0.4) is 0 Å². The van der Waals surface area contributed by atoms with Crippen molar-refractivity contribution in [2.75, 3.05) is 17.2 Å². The van der Waals surface area contributed by atoms with E-state index in [1.54, 1.807) is 18.3 Å². The molecule has 1 heterocycles. The van der Waals surface area contributed by atoms with Crippen LogP contribution in [-0.4, -0.2) is 23.3 Å². The maximum atomic E-state index is 12.4. The Morgan fingerprint density at radius 2 is 1.83 bits per heavy atom. The lowest BCUT2D eigenvalue weighted by Gasteiger charge is -2.12. The molecule has 24 heavy (non-hydrogen) atoms. The summed E-state index contributed by atoms with van der Waals surface area (Å²) in [6.07, 6.45) is 1.80. The van der Waals surface area contributed by atoms with Gasteiger partial charge in [-0.1, -0.05) is 26.0 Å². The maximum absolute atomic E-state index is 12.4. The Labute approximate surface area is 145 Å². The molecule has 0 radical (unpaired) electrons. The second-order valence-corrected chi connectivity index (χ2v) is 6.87. The lowest BCUT2D eigenvalue weighted by atomic mass is 10.0. The number of nitrogens with zero attached hydrogens (tertiary/aromatic N) is 1. The van der Waals surface area contributed by atoms with E-state index < -0.39 is 0 Å². The van der Waals surface area contributed by atoms with Gasteiger partial charge in [-0.2, -0.15) is 0 Å². The summed E-state index contributed by atoms with van der Waals surface area (Å²) in [4.78, 5) is 29.0. The normalized spacial score (nSPS) is 12.0. The van der Waals surface area contributed by atoms with Crippen molar-refractivity contribution in [3.8, 4) is 0 Å². The molecule has 0 bridgehead atoms. The van der Waals surface area contributed by atoms with E-state index in [0.29, 0.717) is 16.7 Å². The number of nitrogens with one attached hydrogen (secondary N) is 2. The van der Waals surface area contributed by atoms with E-state index in [-0.39, 0.29) is 24.3 Å². The number of hydrogen-bond acceptors (Lipinski definition) is 5. The molecule has 0 aliphatic rings. The molecular formula is C17H22N4O2S. The molecule has 1 unspecified atom stereocenters. The van der Waals surface area contributed by atoms with Crippen LogP contribution in [0.15, 0.2) is 30.5 Å². The molecule has 0 spiro atoms. The van der Waals surface area contributed by atoms with Gasteiger partial charge in [0.2, 0.25) is 11.8 Å². The van der Waals surface area contributed by atoms with Gasteiger partial charge in [-0.25, -0.2) is 4.98 Å². The quantitative estimate of drug-likeness (QED) is 0.749. The van der Waals surface area contributed by atoms with Crippen molar-refractivity contribution in [1.29, 1.82) is 0 Å². The van der Waals surface area contributed by atoms with Gasteiger partial charge in [0.15, 0.2) is 5.13 Å². The van der Waals surface area contributed by atoms with Crippen molar-refractivity contribution in [2.45, 2.75) is 32.6 Å². The number of hydrogen-bond donors (Lipinski definition) is 3. The van der Waals surface area contributed by atoms with Crippen LogP contribution in [0.1, 0.15) is 43.0 Å². The third-order valence-corrected chi connectivity index (χ3v) is 4.81. The number of anilines is 2. The topological polar surface area (TPSA) is 97.1 Å². The highest BCUT2D eigenvalue weighted by molar-refractivity contribution is 7.15.